The zero-order valence-corrected chi connectivity index (χ0v) is 53.9. The number of hydrogen-bond donors (Lipinski definition) is 2. The zero-order chi connectivity index (χ0) is 58.4. The van der Waals surface area contributed by atoms with Gasteiger partial charge in [-0.3, -0.25) is 9.36 Å². The van der Waals surface area contributed by atoms with Gasteiger partial charge in [-0.1, -0.05) is 310 Å². The number of amides is 1. The molecule has 0 aromatic heterocycles. The van der Waals surface area contributed by atoms with Gasteiger partial charge in [0.15, 0.2) is 0 Å². The van der Waals surface area contributed by atoms with E-state index in [0.717, 1.165) is 83.5 Å². The summed E-state index contributed by atoms with van der Waals surface area (Å²) in [5, 5.41) is 13.9. The van der Waals surface area contributed by atoms with Gasteiger partial charge in [0.1, 0.15) is 13.2 Å². The topological polar surface area (TPSA) is 108 Å². The van der Waals surface area contributed by atoms with E-state index in [1.54, 1.807) is 6.08 Å². The maximum absolute atomic E-state index is 13.0. The number of nitrogens with one attached hydrogen (secondary N) is 1. The minimum absolute atomic E-state index is 0.00313. The first kappa shape index (κ1) is 77.4. The van der Waals surface area contributed by atoms with Crippen LogP contribution >= 0.6 is 7.82 Å². The van der Waals surface area contributed by atoms with Crippen molar-refractivity contribution in [3.63, 3.8) is 0 Å². The van der Waals surface area contributed by atoms with Crippen molar-refractivity contribution in [2.75, 3.05) is 40.9 Å². The lowest BCUT2D eigenvalue weighted by molar-refractivity contribution is -0.870. The van der Waals surface area contributed by atoms with Crippen LogP contribution in [0.3, 0.4) is 0 Å². The first-order chi connectivity index (χ1) is 39.0. The van der Waals surface area contributed by atoms with Gasteiger partial charge < -0.3 is 28.8 Å². The van der Waals surface area contributed by atoms with Crippen LogP contribution in [-0.2, 0) is 18.4 Å². The maximum Gasteiger partial charge on any atom is 0.268 e. The summed E-state index contributed by atoms with van der Waals surface area (Å²) in [6.45, 7) is 4.56. The first-order valence-corrected chi connectivity index (χ1v) is 35.1. The summed E-state index contributed by atoms with van der Waals surface area (Å²) in [7, 11) is 1.26. The number of rotatable bonds is 61. The fourth-order valence-electron chi connectivity index (χ4n) is 9.61. The molecule has 8 nitrogen and oxygen atoms in total. The minimum Gasteiger partial charge on any atom is -0.756 e. The number of phosphoric acid groups is 1. The Morgan fingerprint density at radius 3 is 1.11 bits per heavy atom. The van der Waals surface area contributed by atoms with Crippen LogP contribution in [0.25, 0.3) is 0 Å². The number of carbonyl (C=O) groups excluding carboxylic acids is 1. The molecule has 0 aromatic carbocycles. The van der Waals surface area contributed by atoms with E-state index in [9.17, 15) is 19.4 Å². The third-order valence-corrected chi connectivity index (χ3v) is 15.8. The van der Waals surface area contributed by atoms with E-state index >= 15 is 0 Å². The lowest BCUT2D eigenvalue weighted by Crippen LogP contribution is -2.45. The molecule has 0 heterocycles. The summed E-state index contributed by atoms with van der Waals surface area (Å²) in [4.78, 5) is 25.6. The SMILES string of the molecule is CC/C=C\C/C=C\C/C=C\C/C=C\C/C=C\C/C=C\C/C=C\CCCCCCCCCCCCCCCCCC(=O)NC(COP(=O)([O-])OCC[N+](C)(C)C)C(O)/C=C/CCCCCCCCCCCCCCCCCCCCC. The van der Waals surface area contributed by atoms with E-state index < -0.39 is 20.0 Å². The van der Waals surface area contributed by atoms with Gasteiger partial charge in [-0.05, 0) is 77.0 Å². The molecule has 3 unspecified atom stereocenters. The number of allylic oxidation sites excluding steroid dienone is 15. The van der Waals surface area contributed by atoms with E-state index in [1.165, 1.54) is 193 Å². The molecule has 0 aliphatic carbocycles. The molecule has 0 aromatic rings. The Kier molecular flexibility index (Phi) is 59.0. The molecule has 0 aliphatic rings. The number of quaternary nitrogens is 1. The Balaban J connectivity index is 4.07. The first-order valence-electron chi connectivity index (χ1n) is 33.6. The van der Waals surface area contributed by atoms with Crippen molar-refractivity contribution in [3.8, 4) is 0 Å². The van der Waals surface area contributed by atoms with Crippen LogP contribution in [0.2, 0.25) is 0 Å². The van der Waals surface area contributed by atoms with Crippen molar-refractivity contribution in [3.05, 3.63) is 97.2 Å². The molecular formula is C71H129N2O6P. The standard InChI is InChI=1S/C71H129N2O6P/c1-6-8-10-12-14-16-18-20-22-24-26-28-29-30-31-32-33-34-35-36-37-38-39-40-41-42-43-45-47-49-51-53-55-57-59-61-63-65-71(75)72-69(68-79-80(76,77)78-67-66-73(3,4)5)70(74)64-62-60-58-56-54-52-50-48-46-44-27-25-23-21-19-17-15-13-11-9-7-2/h8,10,14,16,20,22,26,28,30-31,33-34,36-37,62,64,69-70,74H,6-7,9,11-13,15,17-19,21,23-25,27,29,32,35,38-61,63,65-68H2,1-5H3,(H-,72,75,76,77)/b10-8-,16-14-,22-20-,28-26-,31-30-,34-33-,37-36-,64-62+. The number of hydrogen-bond acceptors (Lipinski definition) is 6. The third kappa shape index (κ3) is 63.0. The molecule has 0 radical (unpaired) electrons. The lowest BCUT2D eigenvalue weighted by atomic mass is 10.0. The van der Waals surface area contributed by atoms with Crippen molar-refractivity contribution in [2.24, 2.45) is 0 Å². The molecule has 0 fully saturated rings. The van der Waals surface area contributed by atoms with E-state index in [0.29, 0.717) is 17.4 Å². The number of phosphoric ester groups is 1. The summed E-state index contributed by atoms with van der Waals surface area (Å²) >= 11 is 0. The van der Waals surface area contributed by atoms with Gasteiger partial charge in [0, 0.05) is 6.42 Å². The largest absolute Gasteiger partial charge is 0.756 e. The summed E-state index contributed by atoms with van der Waals surface area (Å²) in [5.41, 5.74) is 0. The van der Waals surface area contributed by atoms with Crippen molar-refractivity contribution in [2.45, 2.75) is 309 Å². The average Bonchev–Trinajstić information content (AvgIpc) is 3.42. The molecule has 1 amide bonds. The predicted octanol–water partition coefficient (Wildman–Crippen LogP) is 20.7. The van der Waals surface area contributed by atoms with Crippen LogP contribution in [0.15, 0.2) is 97.2 Å². The van der Waals surface area contributed by atoms with Crippen LogP contribution in [0.4, 0.5) is 0 Å². The van der Waals surface area contributed by atoms with Gasteiger partial charge in [-0.15, -0.1) is 0 Å². The molecule has 9 heteroatoms. The smallest absolute Gasteiger partial charge is 0.268 e. The molecular weight excluding hydrogens is 1010 g/mol. The highest BCUT2D eigenvalue weighted by molar-refractivity contribution is 7.45. The molecule has 0 spiro atoms. The van der Waals surface area contributed by atoms with Crippen molar-refractivity contribution in [1.82, 2.24) is 5.32 Å². The Bertz CT molecular complexity index is 1620. The van der Waals surface area contributed by atoms with Crippen molar-refractivity contribution < 1.29 is 32.9 Å². The Morgan fingerprint density at radius 2 is 0.762 bits per heavy atom. The van der Waals surface area contributed by atoms with Crippen molar-refractivity contribution >= 4 is 13.7 Å². The zero-order valence-electron chi connectivity index (χ0n) is 53.0. The number of aliphatic hydroxyl groups excluding tert-OH is 1. The van der Waals surface area contributed by atoms with Crippen LogP contribution in [-0.4, -0.2) is 68.5 Å². The predicted molar refractivity (Wildman–Crippen MR) is 348 cm³/mol. The molecule has 0 saturated carbocycles. The summed E-state index contributed by atoms with van der Waals surface area (Å²) in [6, 6.07) is -0.892. The quantitative estimate of drug-likeness (QED) is 0.0272. The second-order valence-corrected chi connectivity index (χ2v) is 25.2. The second kappa shape index (κ2) is 61.0. The summed E-state index contributed by atoms with van der Waals surface area (Å²) < 4.78 is 23.4. The van der Waals surface area contributed by atoms with Crippen molar-refractivity contribution in [1.29, 1.82) is 0 Å². The van der Waals surface area contributed by atoms with Gasteiger partial charge in [0.25, 0.3) is 7.82 Å². The normalized spacial score (nSPS) is 14.3. The fraction of sp³-hybridized carbons (Fsp3) is 0.761. The van der Waals surface area contributed by atoms with E-state index in [1.807, 2.05) is 27.2 Å². The molecule has 2 N–H and O–H groups in total. The highest BCUT2D eigenvalue weighted by Crippen LogP contribution is 2.38. The number of carbonyl (C=O) groups is 1. The van der Waals surface area contributed by atoms with Crippen LogP contribution < -0.4 is 10.2 Å². The highest BCUT2D eigenvalue weighted by atomic mass is 31.2. The number of unbranched alkanes of at least 4 members (excludes halogenated alkanes) is 34. The van der Waals surface area contributed by atoms with Crippen LogP contribution in [0, 0.1) is 0 Å². The van der Waals surface area contributed by atoms with E-state index in [-0.39, 0.29) is 19.1 Å². The highest BCUT2D eigenvalue weighted by Gasteiger charge is 2.23. The van der Waals surface area contributed by atoms with Gasteiger partial charge >= 0.3 is 0 Å². The number of likely N-dealkylation sites (N-methyl/N-ethyl adjacent to an activating group) is 1. The third-order valence-electron chi connectivity index (χ3n) is 14.8. The number of aliphatic hydroxyl groups is 1. The summed E-state index contributed by atoms with van der Waals surface area (Å²) in [6.07, 6.45) is 87.9. The van der Waals surface area contributed by atoms with Gasteiger partial charge in [0.2, 0.25) is 5.91 Å². The lowest BCUT2D eigenvalue weighted by Gasteiger charge is -2.29. The summed E-state index contributed by atoms with van der Waals surface area (Å²) in [5.74, 6) is -0.197. The molecule has 0 aliphatic heterocycles. The van der Waals surface area contributed by atoms with Crippen LogP contribution in [0.5, 0.6) is 0 Å². The molecule has 0 rings (SSSR count). The Hall–Kier alpha value is -2.58. The molecule has 3 atom stereocenters. The molecule has 464 valence electrons. The van der Waals surface area contributed by atoms with Crippen LogP contribution in [0.1, 0.15) is 296 Å². The molecule has 0 bridgehead atoms. The van der Waals surface area contributed by atoms with Gasteiger partial charge in [0.05, 0.1) is 39.9 Å². The molecule has 0 saturated heterocycles. The second-order valence-electron chi connectivity index (χ2n) is 23.8. The maximum atomic E-state index is 13.0. The Labute approximate surface area is 496 Å². The van der Waals surface area contributed by atoms with E-state index in [4.69, 9.17) is 9.05 Å². The average molecular weight is 1140 g/mol. The van der Waals surface area contributed by atoms with Gasteiger partial charge in [-0.25, -0.2) is 0 Å². The van der Waals surface area contributed by atoms with E-state index in [2.05, 4.69) is 104 Å². The molecule has 80 heavy (non-hydrogen) atoms. The minimum atomic E-state index is -4.61. The Morgan fingerprint density at radius 1 is 0.450 bits per heavy atom. The number of nitrogens with zero attached hydrogens (tertiary/aromatic N) is 1. The van der Waals surface area contributed by atoms with Gasteiger partial charge in [-0.2, -0.15) is 0 Å². The fourth-order valence-corrected chi connectivity index (χ4v) is 10.3. The monoisotopic (exact) mass is 1140 g/mol.